The smallest absolute Gasteiger partial charge is 0.154 e. The molecule has 0 aromatic heterocycles. The Morgan fingerprint density at radius 2 is 2.00 bits per heavy atom. The van der Waals surface area contributed by atoms with Crippen molar-refractivity contribution < 1.29 is 4.48 Å². The van der Waals surface area contributed by atoms with Crippen LogP contribution >= 0.6 is 0 Å². The maximum Gasteiger partial charge on any atom is 0.154 e. The van der Waals surface area contributed by atoms with Gasteiger partial charge in [-0.25, -0.2) is 0 Å². The highest BCUT2D eigenvalue weighted by Gasteiger charge is 2.36. The molecule has 3 nitrogen and oxygen atoms in total. The Kier molecular flexibility index (Phi) is 1.78. The van der Waals surface area contributed by atoms with Crippen molar-refractivity contribution in [3.8, 4) is 0 Å². The van der Waals surface area contributed by atoms with E-state index in [4.69, 9.17) is 0 Å². The van der Waals surface area contributed by atoms with Crippen molar-refractivity contribution in [1.82, 2.24) is 10.1 Å². The lowest BCUT2D eigenvalue weighted by Gasteiger charge is -2.33. The largest absolute Gasteiger partial charge is 0.273 e. The highest BCUT2D eigenvalue weighted by Crippen LogP contribution is 2.28. The van der Waals surface area contributed by atoms with Gasteiger partial charge in [0.1, 0.15) is 6.34 Å². The first-order valence-corrected chi connectivity index (χ1v) is 3.64. The zero-order valence-corrected chi connectivity index (χ0v) is 7.37. The highest BCUT2D eigenvalue weighted by molar-refractivity contribution is 5.55. The van der Waals surface area contributed by atoms with Gasteiger partial charge >= 0.3 is 0 Å². The van der Waals surface area contributed by atoms with E-state index in [-0.39, 0.29) is 11.6 Å². The lowest BCUT2D eigenvalue weighted by molar-refractivity contribution is -0.0452. The Hall–Kier alpha value is -0.800. The van der Waals surface area contributed by atoms with E-state index < -0.39 is 0 Å². The molecule has 11 heavy (non-hydrogen) atoms. The first-order chi connectivity index (χ1) is 4.93. The van der Waals surface area contributed by atoms with Crippen molar-refractivity contribution in [2.45, 2.75) is 26.9 Å². The third kappa shape index (κ3) is 1.44. The van der Waals surface area contributed by atoms with E-state index in [9.17, 15) is 4.48 Å². The van der Waals surface area contributed by atoms with Gasteiger partial charge in [-0.05, 0) is 0 Å². The first kappa shape index (κ1) is 8.30. The molecule has 0 amide bonds. The van der Waals surface area contributed by atoms with Gasteiger partial charge in [-0.1, -0.05) is 25.3 Å². The zero-order valence-electron chi connectivity index (χ0n) is 7.37. The van der Waals surface area contributed by atoms with Crippen LogP contribution in [0.3, 0.4) is 0 Å². The van der Waals surface area contributed by atoms with E-state index in [0.29, 0.717) is 5.12 Å². The first-order valence-electron chi connectivity index (χ1n) is 3.64. The summed E-state index contributed by atoms with van der Waals surface area (Å²) in [6.45, 7) is 5.94. The van der Waals surface area contributed by atoms with Crippen molar-refractivity contribution in [3.63, 3.8) is 0 Å². The number of hydrogen-bond donors (Lipinski definition) is 0. The Bertz CT molecular complexity index is 161. The molecule has 0 aromatic rings. The average Bonchev–Trinajstić information content (AvgIpc) is 2.08. The van der Waals surface area contributed by atoms with Gasteiger partial charge in [0.15, 0.2) is 6.17 Å². The molecule has 0 spiro atoms. The van der Waals surface area contributed by atoms with Gasteiger partial charge in [0.25, 0.3) is 0 Å². The fourth-order valence-electron chi connectivity index (χ4n) is 1.35. The second-order valence-electron chi connectivity index (χ2n) is 3.89. The molecule has 1 aliphatic rings. The molecule has 0 saturated heterocycles. The molecule has 0 radical (unpaired) electrons. The maximum absolute atomic E-state index is 13.0. The summed E-state index contributed by atoms with van der Waals surface area (Å²) < 4.78 is 13.0. The van der Waals surface area contributed by atoms with Gasteiger partial charge < -0.3 is 0 Å². The van der Waals surface area contributed by atoms with Crippen LogP contribution in [-0.4, -0.2) is 29.7 Å². The van der Waals surface area contributed by atoms with E-state index in [2.05, 4.69) is 5.10 Å². The van der Waals surface area contributed by atoms with Crippen LogP contribution in [0, 0.1) is 5.41 Å². The Balaban J connectivity index is 2.74. The van der Waals surface area contributed by atoms with Crippen molar-refractivity contribution in [3.05, 3.63) is 0 Å². The number of halogens is 1. The van der Waals surface area contributed by atoms with Gasteiger partial charge in [0, 0.05) is 12.5 Å². The molecule has 1 aliphatic heterocycles. The summed E-state index contributed by atoms with van der Waals surface area (Å²) >= 11 is 0. The fourth-order valence-corrected chi connectivity index (χ4v) is 1.35. The summed E-state index contributed by atoms with van der Waals surface area (Å²) in [5, 5.41) is 6.09. The molecule has 4 heteroatoms. The number of hydrogen-bond acceptors (Lipinski definition) is 3. The predicted molar refractivity (Wildman–Crippen MR) is 42.4 cm³/mol. The molecular formula is C7H14FN3. The topological polar surface area (TPSA) is 18.8 Å². The average molecular weight is 159 g/mol. The van der Waals surface area contributed by atoms with Crippen molar-refractivity contribution in [1.29, 1.82) is 0 Å². The summed E-state index contributed by atoms with van der Waals surface area (Å²) in [5.41, 5.74) is -0.125. The van der Waals surface area contributed by atoms with Crippen LogP contribution < -0.4 is 0 Å². The van der Waals surface area contributed by atoms with Gasteiger partial charge in [-0.3, -0.25) is 5.01 Å². The van der Waals surface area contributed by atoms with E-state index >= 15 is 0 Å². The molecule has 0 fully saturated rings. The molecule has 0 bridgehead atoms. The van der Waals surface area contributed by atoms with Gasteiger partial charge in [-0.15, -0.1) is 0 Å². The lowest BCUT2D eigenvalue weighted by atomic mass is 9.92. The van der Waals surface area contributed by atoms with Crippen LogP contribution in [0.4, 0.5) is 4.48 Å². The standard InChI is InChI=1S/C7H14FN3/c1-7(2,3)6-10(4)9-5-11(6)8/h5-6H,1-4H3. The van der Waals surface area contributed by atoms with E-state index in [1.165, 1.54) is 6.34 Å². The molecule has 0 saturated carbocycles. The summed E-state index contributed by atoms with van der Waals surface area (Å²) in [6.07, 6.45) is 0.929. The summed E-state index contributed by atoms with van der Waals surface area (Å²) in [4.78, 5) is 0. The third-order valence-corrected chi connectivity index (χ3v) is 1.71. The Morgan fingerprint density at radius 3 is 2.18 bits per heavy atom. The molecule has 1 atom stereocenters. The van der Waals surface area contributed by atoms with Gasteiger partial charge in [-0.2, -0.15) is 10.2 Å². The van der Waals surface area contributed by atoms with Crippen LogP contribution in [-0.2, 0) is 0 Å². The maximum atomic E-state index is 13.0. The third-order valence-electron chi connectivity index (χ3n) is 1.71. The molecule has 64 valence electrons. The quantitative estimate of drug-likeness (QED) is 0.498. The Morgan fingerprint density at radius 1 is 1.45 bits per heavy atom. The van der Waals surface area contributed by atoms with Crippen molar-refractivity contribution in [2.24, 2.45) is 10.5 Å². The normalized spacial score (nSPS) is 25.0. The minimum Gasteiger partial charge on any atom is -0.273 e. The monoisotopic (exact) mass is 159 g/mol. The second kappa shape index (κ2) is 2.36. The van der Waals surface area contributed by atoms with Gasteiger partial charge in [0.05, 0.1) is 0 Å². The highest BCUT2D eigenvalue weighted by atomic mass is 19.2. The summed E-state index contributed by atoms with van der Waals surface area (Å²) in [6, 6.07) is 0. The number of rotatable bonds is 0. The van der Waals surface area contributed by atoms with Crippen LogP contribution in [0.15, 0.2) is 5.10 Å². The SMILES string of the molecule is CN1N=CN(F)C1C(C)(C)C. The van der Waals surface area contributed by atoms with Gasteiger partial charge in [0.2, 0.25) is 0 Å². The summed E-state index contributed by atoms with van der Waals surface area (Å²) in [7, 11) is 1.77. The van der Waals surface area contributed by atoms with Crippen molar-refractivity contribution in [2.75, 3.05) is 7.05 Å². The van der Waals surface area contributed by atoms with E-state index in [1.807, 2.05) is 20.8 Å². The van der Waals surface area contributed by atoms with Crippen molar-refractivity contribution >= 4 is 6.34 Å². The Labute approximate surface area is 66.4 Å². The minimum absolute atomic E-state index is 0.125. The molecule has 1 heterocycles. The molecule has 0 aliphatic carbocycles. The number of nitrogens with zero attached hydrogens (tertiary/aromatic N) is 3. The molecule has 1 rings (SSSR count). The zero-order chi connectivity index (χ0) is 8.65. The van der Waals surface area contributed by atoms with Crippen LogP contribution in [0.1, 0.15) is 20.8 Å². The fraction of sp³-hybridized carbons (Fsp3) is 0.857. The molecule has 0 aromatic carbocycles. The second-order valence-corrected chi connectivity index (χ2v) is 3.89. The lowest BCUT2D eigenvalue weighted by Crippen LogP contribution is -2.43. The van der Waals surface area contributed by atoms with E-state index in [1.54, 1.807) is 12.1 Å². The van der Waals surface area contributed by atoms with Crippen LogP contribution in [0.2, 0.25) is 0 Å². The van der Waals surface area contributed by atoms with Crippen LogP contribution in [0.25, 0.3) is 0 Å². The summed E-state index contributed by atoms with van der Waals surface area (Å²) in [5.74, 6) is 0. The molecule has 1 unspecified atom stereocenters. The predicted octanol–water partition coefficient (Wildman–Crippen LogP) is 1.43. The minimum atomic E-state index is -0.275. The number of hydrazone groups is 1. The van der Waals surface area contributed by atoms with Crippen LogP contribution in [0.5, 0.6) is 0 Å². The van der Waals surface area contributed by atoms with E-state index in [0.717, 1.165) is 0 Å². The molecular weight excluding hydrogens is 145 g/mol. The molecule has 0 N–H and O–H groups in total.